The van der Waals surface area contributed by atoms with Crippen LogP contribution < -0.4 is 0 Å². The normalized spacial score (nSPS) is 38.2. The lowest BCUT2D eigenvalue weighted by molar-refractivity contribution is -0.155. The molecule has 0 aromatic carbocycles. The summed E-state index contributed by atoms with van der Waals surface area (Å²) in [5, 5.41) is 30.4. The zero-order valence-corrected chi connectivity index (χ0v) is 20.3. The summed E-state index contributed by atoms with van der Waals surface area (Å²) in [5.74, 6) is 1.18. The molecule has 3 aliphatic rings. The van der Waals surface area contributed by atoms with Crippen molar-refractivity contribution in [2.45, 2.75) is 91.5 Å². The molecular weight excluding hydrogens is 384 g/mol. The van der Waals surface area contributed by atoms with Crippen molar-refractivity contribution in [3.8, 4) is 0 Å². The lowest BCUT2D eigenvalue weighted by Crippen LogP contribution is -2.40. The SMILES string of the molecule is C=C1/C(=C/C=C2\CCC[C@@]3(C)C2CC[C@H]3[C@H](C)/C=C/[C@H](C)C(C)C)C[C@H](O)CC1(O)O. The van der Waals surface area contributed by atoms with Gasteiger partial charge in [0.1, 0.15) is 0 Å². The summed E-state index contributed by atoms with van der Waals surface area (Å²) in [5.41, 5.74) is 2.91. The number of rotatable bonds is 5. The highest BCUT2D eigenvalue weighted by Gasteiger charge is 2.50. The molecule has 174 valence electrons. The van der Waals surface area contributed by atoms with Crippen LogP contribution in [0.2, 0.25) is 0 Å². The summed E-state index contributed by atoms with van der Waals surface area (Å²) < 4.78 is 0. The van der Waals surface area contributed by atoms with E-state index in [0.717, 1.165) is 12.0 Å². The van der Waals surface area contributed by atoms with Crippen LogP contribution in [0.15, 0.2) is 47.6 Å². The fraction of sp³-hybridized carbons (Fsp3) is 0.714. The molecule has 3 saturated carbocycles. The average molecular weight is 429 g/mol. The second kappa shape index (κ2) is 9.37. The van der Waals surface area contributed by atoms with Crippen LogP contribution in [-0.4, -0.2) is 27.2 Å². The Labute approximate surface area is 189 Å². The second-order valence-electron chi connectivity index (χ2n) is 11.2. The first-order valence-electron chi connectivity index (χ1n) is 12.4. The van der Waals surface area contributed by atoms with Gasteiger partial charge in [0, 0.05) is 12.0 Å². The van der Waals surface area contributed by atoms with E-state index in [4.69, 9.17) is 0 Å². The topological polar surface area (TPSA) is 60.7 Å². The minimum Gasteiger partial charge on any atom is -0.393 e. The summed E-state index contributed by atoms with van der Waals surface area (Å²) in [6.45, 7) is 15.7. The van der Waals surface area contributed by atoms with Crippen LogP contribution in [0.3, 0.4) is 0 Å². The van der Waals surface area contributed by atoms with Crippen LogP contribution in [0.25, 0.3) is 0 Å². The molecule has 0 aliphatic heterocycles. The van der Waals surface area contributed by atoms with E-state index in [1.807, 2.05) is 6.08 Å². The van der Waals surface area contributed by atoms with Crippen LogP contribution in [0, 0.1) is 35.0 Å². The fourth-order valence-corrected chi connectivity index (χ4v) is 6.38. The fourth-order valence-electron chi connectivity index (χ4n) is 6.38. The van der Waals surface area contributed by atoms with Gasteiger partial charge in [0.2, 0.25) is 0 Å². The van der Waals surface area contributed by atoms with Crippen LogP contribution in [-0.2, 0) is 0 Å². The molecule has 0 amide bonds. The van der Waals surface area contributed by atoms with Crippen LogP contribution in [0.4, 0.5) is 0 Å². The Kier molecular flexibility index (Phi) is 7.40. The summed E-state index contributed by atoms with van der Waals surface area (Å²) in [6.07, 6.45) is 14.9. The molecule has 3 rings (SSSR count). The van der Waals surface area contributed by atoms with Gasteiger partial charge in [-0.15, -0.1) is 0 Å². The van der Waals surface area contributed by atoms with E-state index < -0.39 is 11.9 Å². The van der Waals surface area contributed by atoms with Gasteiger partial charge < -0.3 is 15.3 Å². The molecule has 31 heavy (non-hydrogen) atoms. The van der Waals surface area contributed by atoms with Crippen LogP contribution >= 0.6 is 0 Å². The predicted molar refractivity (Wildman–Crippen MR) is 128 cm³/mol. The Hall–Kier alpha value is -1.16. The standard InChI is InChI=1S/C28H44O3/c1-18(2)19(3)9-10-20(4)25-13-14-26-22(8-7-15-27(25,26)6)11-12-23-16-24(29)17-28(30,31)21(23)5/h9-12,18-20,24-26,29-31H,5,7-8,13-17H2,1-4,6H3/b10-9+,22-11+,23-12+/t19-,20+,24-,25-,26?,27+/m0/s1. The highest BCUT2D eigenvalue weighted by Crippen LogP contribution is 2.59. The second-order valence-corrected chi connectivity index (χ2v) is 11.2. The zero-order valence-electron chi connectivity index (χ0n) is 20.3. The van der Waals surface area contributed by atoms with Gasteiger partial charge in [0.05, 0.1) is 6.10 Å². The lowest BCUT2D eigenvalue weighted by Gasteiger charge is -2.44. The maximum Gasteiger partial charge on any atom is 0.191 e. The summed E-state index contributed by atoms with van der Waals surface area (Å²) in [4.78, 5) is 0. The first-order valence-corrected chi connectivity index (χ1v) is 12.4. The third kappa shape index (κ3) is 5.10. The van der Waals surface area contributed by atoms with Crippen molar-refractivity contribution in [2.24, 2.45) is 35.0 Å². The maximum atomic E-state index is 10.2. The molecule has 0 heterocycles. The third-order valence-corrected chi connectivity index (χ3v) is 8.79. The predicted octanol–water partition coefficient (Wildman–Crippen LogP) is 5.93. The largest absolute Gasteiger partial charge is 0.393 e. The van der Waals surface area contributed by atoms with Crippen molar-refractivity contribution >= 4 is 0 Å². The molecule has 0 saturated heterocycles. The number of allylic oxidation sites excluding steroid dienone is 5. The highest BCUT2D eigenvalue weighted by molar-refractivity contribution is 5.40. The Morgan fingerprint density at radius 1 is 1.06 bits per heavy atom. The van der Waals surface area contributed by atoms with Crippen molar-refractivity contribution in [3.05, 3.63) is 47.6 Å². The molecule has 3 N–H and O–H groups in total. The Bertz CT molecular complexity index is 756. The molecule has 0 aromatic heterocycles. The molecule has 0 spiro atoms. The van der Waals surface area contributed by atoms with Crippen molar-refractivity contribution in [1.82, 2.24) is 0 Å². The molecular formula is C28H44O3. The van der Waals surface area contributed by atoms with Crippen molar-refractivity contribution in [2.75, 3.05) is 0 Å². The van der Waals surface area contributed by atoms with E-state index >= 15 is 0 Å². The monoisotopic (exact) mass is 428 g/mol. The van der Waals surface area contributed by atoms with Gasteiger partial charge in [-0.05, 0) is 79.1 Å². The smallest absolute Gasteiger partial charge is 0.191 e. The zero-order chi connectivity index (χ0) is 23.0. The Morgan fingerprint density at radius 3 is 2.45 bits per heavy atom. The summed E-state index contributed by atoms with van der Waals surface area (Å²) in [6, 6.07) is 0. The van der Waals surface area contributed by atoms with Crippen molar-refractivity contribution < 1.29 is 15.3 Å². The first-order chi connectivity index (χ1) is 14.5. The van der Waals surface area contributed by atoms with Gasteiger partial charge >= 0.3 is 0 Å². The van der Waals surface area contributed by atoms with E-state index in [-0.39, 0.29) is 6.42 Å². The van der Waals surface area contributed by atoms with E-state index in [9.17, 15) is 15.3 Å². The number of hydrogen-bond donors (Lipinski definition) is 3. The van der Waals surface area contributed by atoms with Gasteiger partial charge in [0.25, 0.3) is 0 Å². The summed E-state index contributed by atoms with van der Waals surface area (Å²) >= 11 is 0. The quantitative estimate of drug-likeness (QED) is 0.375. The van der Waals surface area contributed by atoms with Gasteiger partial charge in [0.15, 0.2) is 5.79 Å². The minimum absolute atomic E-state index is 0.0665. The molecule has 0 aromatic rings. The van der Waals surface area contributed by atoms with E-state index in [1.165, 1.54) is 31.3 Å². The molecule has 3 aliphatic carbocycles. The molecule has 6 atom stereocenters. The lowest BCUT2D eigenvalue weighted by atomic mass is 9.61. The van der Waals surface area contributed by atoms with Crippen LogP contribution in [0.1, 0.15) is 79.6 Å². The van der Waals surface area contributed by atoms with E-state index in [0.29, 0.717) is 47.0 Å². The van der Waals surface area contributed by atoms with Crippen molar-refractivity contribution in [3.63, 3.8) is 0 Å². The van der Waals surface area contributed by atoms with Gasteiger partial charge in [-0.3, -0.25) is 0 Å². The van der Waals surface area contributed by atoms with Gasteiger partial charge in [-0.25, -0.2) is 0 Å². The Morgan fingerprint density at radius 2 is 1.77 bits per heavy atom. The molecule has 3 fully saturated rings. The van der Waals surface area contributed by atoms with E-state index in [2.05, 4.69) is 59.4 Å². The van der Waals surface area contributed by atoms with Crippen molar-refractivity contribution in [1.29, 1.82) is 0 Å². The third-order valence-electron chi connectivity index (χ3n) is 8.79. The van der Waals surface area contributed by atoms with Crippen LogP contribution in [0.5, 0.6) is 0 Å². The molecule has 3 nitrogen and oxygen atoms in total. The summed E-state index contributed by atoms with van der Waals surface area (Å²) in [7, 11) is 0. The Balaban J connectivity index is 1.78. The number of aliphatic hydroxyl groups excluding tert-OH is 1. The average Bonchev–Trinajstić information content (AvgIpc) is 3.04. The first kappa shape index (κ1) is 24.5. The minimum atomic E-state index is -2.00. The molecule has 0 radical (unpaired) electrons. The van der Waals surface area contributed by atoms with Gasteiger partial charge in [-0.1, -0.05) is 71.1 Å². The maximum absolute atomic E-state index is 10.2. The van der Waals surface area contributed by atoms with E-state index in [1.54, 1.807) is 0 Å². The number of fused-ring (bicyclic) bond motifs is 1. The molecule has 0 bridgehead atoms. The van der Waals surface area contributed by atoms with Gasteiger partial charge in [-0.2, -0.15) is 0 Å². The molecule has 1 unspecified atom stereocenters. The molecule has 3 heteroatoms. The highest BCUT2D eigenvalue weighted by atomic mass is 16.5. The number of hydrogen-bond acceptors (Lipinski definition) is 3. The number of aliphatic hydroxyl groups is 3.